The van der Waals surface area contributed by atoms with Crippen LogP contribution < -0.4 is 0 Å². The molecule has 0 unspecified atom stereocenters. The number of alkyl halides is 4. The lowest BCUT2D eigenvalue weighted by atomic mass is 10.0. The van der Waals surface area contributed by atoms with Gasteiger partial charge in [0.15, 0.2) is 0 Å². The minimum absolute atomic E-state index is 0.0516. The molecule has 0 atom stereocenters. The van der Waals surface area contributed by atoms with Gasteiger partial charge in [-0.15, -0.1) is 0 Å². The molecule has 0 aromatic heterocycles. The minimum Gasteiger partial charge on any atom is -0.270 e. The predicted molar refractivity (Wildman–Crippen MR) is 60.8 cm³/mol. The van der Waals surface area contributed by atoms with Crippen molar-refractivity contribution < 1.29 is 30.2 Å². The molecule has 0 fully saturated rings. The molecule has 0 bridgehead atoms. The van der Waals surface area contributed by atoms with Gasteiger partial charge in [-0.05, 0) is 29.7 Å². The molecule has 19 heavy (non-hydrogen) atoms. The zero-order valence-corrected chi connectivity index (χ0v) is 10.8. The van der Waals surface area contributed by atoms with E-state index in [0.717, 1.165) is 18.4 Å². The van der Waals surface area contributed by atoms with Crippen molar-refractivity contribution in [3.05, 3.63) is 34.9 Å². The molecule has 0 aliphatic rings. The minimum atomic E-state index is -4.57. The highest BCUT2D eigenvalue weighted by Crippen LogP contribution is 2.31. The van der Waals surface area contributed by atoms with Crippen molar-refractivity contribution in [2.45, 2.75) is 19.3 Å². The number of halogens is 4. The van der Waals surface area contributed by atoms with Gasteiger partial charge in [0.2, 0.25) is 0 Å². The first-order valence-corrected chi connectivity index (χ1v) is 7.04. The lowest BCUT2D eigenvalue weighted by Crippen LogP contribution is -2.09. The third kappa shape index (κ3) is 5.56. The maximum atomic E-state index is 12.5. The Morgan fingerprint density at radius 1 is 1.16 bits per heavy atom. The molecule has 8 heteroatoms. The molecule has 3 nitrogen and oxygen atoms in total. The molecule has 0 radical (unpaired) electrons. The monoisotopic (exact) mass is 300 g/mol. The zero-order valence-electron chi connectivity index (χ0n) is 10.00. The van der Waals surface area contributed by atoms with Gasteiger partial charge in [-0.3, -0.25) is 4.18 Å². The van der Waals surface area contributed by atoms with E-state index in [0.29, 0.717) is 0 Å². The van der Waals surface area contributed by atoms with E-state index < -0.39 is 28.5 Å². The molecular weight excluding hydrogens is 288 g/mol. The molecule has 1 rings (SSSR count). The Balaban J connectivity index is 2.89. The standard InChI is InChI=1S/C11H12F4O3S/c1-19(16,17)18-3-2-8-4-9(7-12)6-10(5-8)11(13,14)15/h4-6H,2-3,7H2,1H3. The van der Waals surface area contributed by atoms with Gasteiger partial charge >= 0.3 is 6.18 Å². The van der Waals surface area contributed by atoms with Crippen LogP contribution in [0.4, 0.5) is 17.6 Å². The summed E-state index contributed by atoms with van der Waals surface area (Å²) < 4.78 is 76.0. The van der Waals surface area contributed by atoms with Crippen LogP contribution in [0.3, 0.4) is 0 Å². The number of hydrogen-bond acceptors (Lipinski definition) is 3. The summed E-state index contributed by atoms with van der Waals surface area (Å²) in [5.74, 6) is 0. The second-order valence-electron chi connectivity index (χ2n) is 3.95. The lowest BCUT2D eigenvalue weighted by molar-refractivity contribution is -0.137. The molecule has 0 aliphatic carbocycles. The normalized spacial score (nSPS) is 12.7. The third-order valence-corrected chi connectivity index (χ3v) is 2.82. The first-order chi connectivity index (χ1) is 8.62. The van der Waals surface area contributed by atoms with E-state index >= 15 is 0 Å². The molecule has 1 aromatic carbocycles. The molecule has 0 spiro atoms. The van der Waals surface area contributed by atoms with Gasteiger partial charge in [-0.2, -0.15) is 21.6 Å². The average molecular weight is 300 g/mol. The largest absolute Gasteiger partial charge is 0.416 e. The first kappa shape index (κ1) is 15.9. The van der Waals surface area contributed by atoms with Gasteiger partial charge in [-0.25, -0.2) is 4.39 Å². The Labute approximate surface area is 108 Å². The van der Waals surface area contributed by atoms with Crippen LogP contribution in [-0.2, 0) is 33.6 Å². The zero-order chi connectivity index (χ0) is 14.7. The summed E-state index contributed by atoms with van der Waals surface area (Å²) in [4.78, 5) is 0. The summed E-state index contributed by atoms with van der Waals surface area (Å²) in [5, 5.41) is 0. The van der Waals surface area contributed by atoms with E-state index in [9.17, 15) is 26.0 Å². The van der Waals surface area contributed by atoms with Gasteiger partial charge in [0, 0.05) is 0 Å². The van der Waals surface area contributed by atoms with Crippen LogP contribution in [0.15, 0.2) is 18.2 Å². The average Bonchev–Trinajstić information content (AvgIpc) is 2.25. The van der Waals surface area contributed by atoms with Crippen molar-refractivity contribution in [2.24, 2.45) is 0 Å². The van der Waals surface area contributed by atoms with E-state index in [1.54, 1.807) is 0 Å². The maximum Gasteiger partial charge on any atom is 0.416 e. The van der Waals surface area contributed by atoms with Crippen LogP contribution in [0.2, 0.25) is 0 Å². The topological polar surface area (TPSA) is 43.4 Å². The fraction of sp³-hybridized carbons (Fsp3) is 0.455. The first-order valence-electron chi connectivity index (χ1n) is 5.22. The number of rotatable bonds is 5. The summed E-state index contributed by atoms with van der Waals surface area (Å²) >= 11 is 0. The van der Waals surface area contributed by atoms with Crippen LogP contribution in [0, 0.1) is 0 Å². The summed E-state index contributed by atoms with van der Waals surface area (Å²) in [6.07, 6.45) is -3.78. The smallest absolute Gasteiger partial charge is 0.270 e. The summed E-state index contributed by atoms with van der Waals surface area (Å²) in [6, 6.07) is 2.83. The Morgan fingerprint density at radius 2 is 1.74 bits per heavy atom. The number of benzene rings is 1. The number of hydrogen-bond donors (Lipinski definition) is 0. The van der Waals surface area contributed by atoms with Crippen molar-refractivity contribution in [1.29, 1.82) is 0 Å². The highest BCUT2D eigenvalue weighted by atomic mass is 32.2. The van der Waals surface area contributed by atoms with Gasteiger partial charge < -0.3 is 0 Å². The molecule has 1 aromatic rings. The van der Waals surface area contributed by atoms with Crippen LogP contribution in [0.5, 0.6) is 0 Å². The Kier molecular flexibility index (Phi) is 4.92. The fourth-order valence-corrected chi connectivity index (χ4v) is 1.84. The lowest BCUT2D eigenvalue weighted by Gasteiger charge is -2.11. The highest BCUT2D eigenvalue weighted by Gasteiger charge is 2.31. The van der Waals surface area contributed by atoms with Gasteiger partial charge in [-0.1, -0.05) is 6.07 Å². The van der Waals surface area contributed by atoms with Gasteiger partial charge in [0.05, 0.1) is 18.4 Å². The van der Waals surface area contributed by atoms with Crippen LogP contribution in [0.1, 0.15) is 16.7 Å². The Hall–Kier alpha value is -1.15. The van der Waals surface area contributed by atoms with Crippen molar-refractivity contribution in [2.75, 3.05) is 12.9 Å². The van der Waals surface area contributed by atoms with E-state index in [2.05, 4.69) is 4.18 Å². The van der Waals surface area contributed by atoms with Crippen LogP contribution in [-0.4, -0.2) is 21.3 Å². The van der Waals surface area contributed by atoms with Crippen molar-refractivity contribution >= 4 is 10.1 Å². The van der Waals surface area contributed by atoms with E-state index in [-0.39, 0.29) is 24.2 Å². The summed E-state index contributed by atoms with van der Waals surface area (Å²) in [5.41, 5.74) is -0.896. The molecule has 0 saturated carbocycles. The third-order valence-electron chi connectivity index (χ3n) is 2.22. The Morgan fingerprint density at radius 3 is 2.21 bits per heavy atom. The van der Waals surface area contributed by atoms with Crippen LogP contribution >= 0.6 is 0 Å². The molecular formula is C11H12F4O3S. The molecule has 0 heterocycles. The summed E-state index contributed by atoms with van der Waals surface area (Å²) in [6.45, 7) is -1.31. The second kappa shape index (κ2) is 5.87. The predicted octanol–water partition coefficient (Wildman–Crippen LogP) is 2.69. The van der Waals surface area contributed by atoms with Gasteiger partial charge in [0.25, 0.3) is 10.1 Å². The summed E-state index contributed by atoms with van der Waals surface area (Å²) in [7, 11) is -3.64. The quantitative estimate of drug-likeness (QED) is 0.620. The van der Waals surface area contributed by atoms with Gasteiger partial charge in [0.1, 0.15) is 6.67 Å². The van der Waals surface area contributed by atoms with Crippen molar-refractivity contribution in [3.8, 4) is 0 Å². The molecule has 0 aliphatic heterocycles. The van der Waals surface area contributed by atoms with Crippen LogP contribution in [0.25, 0.3) is 0 Å². The van der Waals surface area contributed by atoms with E-state index in [1.165, 1.54) is 6.07 Å². The second-order valence-corrected chi connectivity index (χ2v) is 5.59. The van der Waals surface area contributed by atoms with Crippen molar-refractivity contribution in [3.63, 3.8) is 0 Å². The molecule has 108 valence electrons. The molecule has 0 saturated heterocycles. The highest BCUT2D eigenvalue weighted by molar-refractivity contribution is 7.85. The molecule has 0 N–H and O–H groups in total. The fourth-order valence-electron chi connectivity index (χ4n) is 1.46. The maximum absolute atomic E-state index is 12.5. The SMILES string of the molecule is CS(=O)(=O)OCCc1cc(CF)cc(C(F)(F)F)c1. The van der Waals surface area contributed by atoms with E-state index in [1.807, 2.05) is 0 Å². The molecule has 0 amide bonds. The van der Waals surface area contributed by atoms with Crippen molar-refractivity contribution in [1.82, 2.24) is 0 Å². The van der Waals surface area contributed by atoms with E-state index in [4.69, 9.17) is 0 Å². The Bertz CT molecular complexity index is 537.